The van der Waals surface area contributed by atoms with Crippen molar-refractivity contribution in [3.05, 3.63) is 34.9 Å². The molecule has 1 N–H and O–H groups in total. The van der Waals surface area contributed by atoms with Crippen molar-refractivity contribution < 1.29 is 9.84 Å². The summed E-state index contributed by atoms with van der Waals surface area (Å²) in [6, 6.07) is 3.59. The molecule has 2 heteroatoms. The lowest BCUT2D eigenvalue weighted by Gasteiger charge is -2.09. The average molecular weight is 206 g/mol. The molecule has 0 bridgehead atoms. The van der Waals surface area contributed by atoms with Gasteiger partial charge in [-0.1, -0.05) is 11.6 Å². The molecule has 0 atom stereocenters. The quantitative estimate of drug-likeness (QED) is 0.769. The second-order valence-corrected chi connectivity index (χ2v) is 3.93. The first-order chi connectivity index (χ1) is 7.04. The number of hydrogen-bond acceptors (Lipinski definition) is 2. The maximum absolute atomic E-state index is 9.81. The van der Waals surface area contributed by atoms with E-state index >= 15 is 0 Å². The zero-order valence-electron chi connectivity index (χ0n) is 9.79. The smallest absolute Gasteiger partial charge is 0.123 e. The molecule has 0 aliphatic carbocycles. The van der Waals surface area contributed by atoms with Crippen LogP contribution in [0.5, 0.6) is 11.5 Å². The van der Waals surface area contributed by atoms with Crippen LogP contribution in [-0.4, -0.2) is 12.2 Å². The molecule has 0 spiro atoms. The Bertz CT molecular complexity index is 351. The molecule has 0 fully saturated rings. The van der Waals surface area contributed by atoms with Crippen molar-refractivity contribution in [1.29, 1.82) is 0 Å². The lowest BCUT2D eigenvalue weighted by molar-refractivity contribution is 0.406. The number of aryl methyl sites for hydroxylation is 1. The van der Waals surface area contributed by atoms with Crippen LogP contribution in [-0.2, 0) is 6.42 Å². The predicted octanol–water partition coefficient (Wildman–Crippen LogP) is 3.22. The van der Waals surface area contributed by atoms with Gasteiger partial charge in [-0.3, -0.25) is 0 Å². The van der Waals surface area contributed by atoms with E-state index in [0.717, 1.165) is 17.5 Å². The van der Waals surface area contributed by atoms with Crippen LogP contribution in [0.3, 0.4) is 0 Å². The molecule has 0 aromatic heterocycles. The van der Waals surface area contributed by atoms with Crippen LogP contribution < -0.4 is 4.74 Å². The van der Waals surface area contributed by atoms with Gasteiger partial charge in [-0.05, 0) is 38.8 Å². The summed E-state index contributed by atoms with van der Waals surface area (Å²) < 4.78 is 5.08. The van der Waals surface area contributed by atoms with E-state index in [1.807, 2.05) is 13.0 Å². The van der Waals surface area contributed by atoms with Gasteiger partial charge in [-0.25, -0.2) is 0 Å². The monoisotopic (exact) mass is 206 g/mol. The Hall–Kier alpha value is -1.44. The van der Waals surface area contributed by atoms with Gasteiger partial charge in [-0.2, -0.15) is 0 Å². The van der Waals surface area contributed by atoms with Crippen LogP contribution in [0.4, 0.5) is 0 Å². The number of ether oxygens (including phenoxy) is 1. The van der Waals surface area contributed by atoms with Crippen LogP contribution in [0, 0.1) is 6.92 Å². The average Bonchev–Trinajstić information content (AvgIpc) is 2.15. The molecule has 15 heavy (non-hydrogen) atoms. The first kappa shape index (κ1) is 11.6. The third-order valence-corrected chi connectivity index (χ3v) is 2.37. The minimum atomic E-state index is 0.310. The molecule has 0 aliphatic rings. The van der Waals surface area contributed by atoms with Crippen molar-refractivity contribution in [2.45, 2.75) is 27.2 Å². The first-order valence-corrected chi connectivity index (χ1v) is 5.04. The van der Waals surface area contributed by atoms with Gasteiger partial charge >= 0.3 is 0 Å². The van der Waals surface area contributed by atoms with Crippen molar-refractivity contribution in [2.75, 3.05) is 7.11 Å². The molecule has 1 aromatic rings. The number of benzene rings is 1. The molecule has 0 radical (unpaired) electrons. The number of hydrogen-bond donors (Lipinski definition) is 1. The third-order valence-electron chi connectivity index (χ3n) is 2.37. The minimum absolute atomic E-state index is 0.310. The summed E-state index contributed by atoms with van der Waals surface area (Å²) >= 11 is 0. The Kier molecular flexibility index (Phi) is 3.78. The summed E-state index contributed by atoms with van der Waals surface area (Å²) in [5.41, 5.74) is 3.28. The van der Waals surface area contributed by atoms with Crippen LogP contribution >= 0.6 is 0 Å². The minimum Gasteiger partial charge on any atom is -0.508 e. The molecule has 1 aromatic carbocycles. The summed E-state index contributed by atoms with van der Waals surface area (Å²) in [7, 11) is 1.60. The number of rotatable bonds is 3. The van der Waals surface area contributed by atoms with Gasteiger partial charge in [0.1, 0.15) is 11.5 Å². The van der Waals surface area contributed by atoms with E-state index in [1.165, 1.54) is 5.57 Å². The number of phenols is 1. The van der Waals surface area contributed by atoms with E-state index in [9.17, 15) is 5.11 Å². The van der Waals surface area contributed by atoms with Gasteiger partial charge in [0.15, 0.2) is 0 Å². The summed E-state index contributed by atoms with van der Waals surface area (Å²) in [4.78, 5) is 0. The Morgan fingerprint density at radius 3 is 2.53 bits per heavy atom. The Labute approximate surface area is 91.2 Å². The molecule has 0 saturated carbocycles. The second kappa shape index (κ2) is 4.87. The number of methoxy groups -OCH3 is 1. The van der Waals surface area contributed by atoms with Crippen LogP contribution in [0.2, 0.25) is 0 Å². The SMILES string of the molecule is COc1cc(C)c(CC=C(C)C)c(O)c1. The van der Waals surface area contributed by atoms with Crippen molar-refractivity contribution in [1.82, 2.24) is 0 Å². The summed E-state index contributed by atoms with van der Waals surface area (Å²) in [6.45, 7) is 6.09. The maximum Gasteiger partial charge on any atom is 0.123 e. The standard InChI is InChI=1S/C13H18O2/c1-9(2)5-6-12-10(3)7-11(15-4)8-13(12)14/h5,7-8,14H,6H2,1-4H3. The van der Waals surface area contributed by atoms with Gasteiger partial charge in [0, 0.05) is 11.6 Å². The fourth-order valence-electron chi connectivity index (χ4n) is 1.46. The molecule has 0 aliphatic heterocycles. The molecular weight excluding hydrogens is 188 g/mol. The van der Waals surface area contributed by atoms with Crippen molar-refractivity contribution in [3.63, 3.8) is 0 Å². The van der Waals surface area contributed by atoms with Gasteiger partial charge in [0.05, 0.1) is 7.11 Å². The van der Waals surface area contributed by atoms with Crippen LogP contribution in [0.1, 0.15) is 25.0 Å². The molecule has 0 heterocycles. The highest BCUT2D eigenvalue weighted by atomic mass is 16.5. The van der Waals surface area contributed by atoms with E-state index in [-0.39, 0.29) is 0 Å². The van der Waals surface area contributed by atoms with Crippen molar-refractivity contribution in [3.8, 4) is 11.5 Å². The van der Waals surface area contributed by atoms with Crippen LogP contribution in [0.25, 0.3) is 0 Å². The summed E-state index contributed by atoms with van der Waals surface area (Å²) in [5, 5.41) is 9.81. The molecule has 0 saturated heterocycles. The summed E-state index contributed by atoms with van der Waals surface area (Å²) in [5.74, 6) is 1.01. The van der Waals surface area contributed by atoms with Gasteiger partial charge in [-0.15, -0.1) is 0 Å². The highest BCUT2D eigenvalue weighted by molar-refractivity contribution is 5.46. The number of aromatic hydroxyl groups is 1. The number of allylic oxidation sites excluding steroid dienone is 2. The lowest BCUT2D eigenvalue weighted by Crippen LogP contribution is -1.91. The van der Waals surface area contributed by atoms with Gasteiger partial charge in [0.2, 0.25) is 0 Å². The molecule has 0 amide bonds. The van der Waals surface area contributed by atoms with Crippen LogP contribution in [0.15, 0.2) is 23.8 Å². The normalized spacial score (nSPS) is 9.87. The summed E-state index contributed by atoms with van der Waals surface area (Å²) in [6.07, 6.45) is 2.87. The Morgan fingerprint density at radius 2 is 2.07 bits per heavy atom. The zero-order chi connectivity index (χ0) is 11.4. The molecule has 1 rings (SSSR count). The lowest BCUT2D eigenvalue weighted by atomic mass is 10.0. The fourth-order valence-corrected chi connectivity index (χ4v) is 1.46. The zero-order valence-corrected chi connectivity index (χ0v) is 9.79. The van der Waals surface area contributed by atoms with Gasteiger partial charge < -0.3 is 9.84 Å². The largest absolute Gasteiger partial charge is 0.508 e. The number of phenolic OH excluding ortho intramolecular Hbond substituents is 1. The van der Waals surface area contributed by atoms with E-state index in [0.29, 0.717) is 11.5 Å². The van der Waals surface area contributed by atoms with Crippen molar-refractivity contribution >= 4 is 0 Å². The van der Waals surface area contributed by atoms with E-state index in [1.54, 1.807) is 13.2 Å². The Morgan fingerprint density at radius 1 is 1.40 bits per heavy atom. The highest BCUT2D eigenvalue weighted by Crippen LogP contribution is 2.28. The topological polar surface area (TPSA) is 29.5 Å². The molecule has 82 valence electrons. The first-order valence-electron chi connectivity index (χ1n) is 5.04. The highest BCUT2D eigenvalue weighted by Gasteiger charge is 2.06. The molecule has 0 unspecified atom stereocenters. The fraction of sp³-hybridized carbons (Fsp3) is 0.385. The third kappa shape index (κ3) is 3.01. The van der Waals surface area contributed by atoms with Gasteiger partial charge in [0.25, 0.3) is 0 Å². The van der Waals surface area contributed by atoms with E-state index in [2.05, 4.69) is 19.9 Å². The Balaban J connectivity index is 3.03. The maximum atomic E-state index is 9.81. The molecule has 2 nitrogen and oxygen atoms in total. The molecular formula is C13H18O2. The van der Waals surface area contributed by atoms with E-state index in [4.69, 9.17) is 4.74 Å². The van der Waals surface area contributed by atoms with Crippen molar-refractivity contribution in [2.24, 2.45) is 0 Å². The second-order valence-electron chi connectivity index (χ2n) is 3.93. The predicted molar refractivity (Wildman–Crippen MR) is 62.5 cm³/mol. The van der Waals surface area contributed by atoms with E-state index < -0.39 is 0 Å².